The number of halogens is 3. The number of carbonyl (C=O) groups excluding carboxylic acids is 1. The first kappa shape index (κ1) is 12.9. The van der Waals surface area contributed by atoms with Crippen molar-refractivity contribution in [2.75, 3.05) is 11.1 Å². The lowest BCUT2D eigenvalue weighted by Crippen LogP contribution is -2.16. The average Bonchev–Trinajstić information content (AvgIpc) is 2.65. The van der Waals surface area contributed by atoms with Gasteiger partial charge in [0, 0.05) is 25.4 Å². The third kappa shape index (κ3) is 2.51. The first-order chi connectivity index (χ1) is 8.88. The third-order valence-electron chi connectivity index (χ3n) is 2.33. The van der Waals surface area contributed by atoms with E-state index in [1.807, 2.05) is 0 Å². The normalized spacial score (nSPS) is 10.5. The molecule has 0 aliphatic rings. The van der Waals surface area contributed by atoms with Crippen molar-refractivity contribution in [1.82, 2.24) is 9.78 Å². The van der Waals surface area contributed by atoms with Gasteiger partial charge in [-0.1, -0.05) is 0 Å². The second-order valence-corrected chi connectivity index (χ2v) is 3.81. The summed E-state index contributed by atoms with van der Waals surface area (Å²) in [5.74, 6) is -4.52. The molecule has 0 aliphatic heterocycles. The van der Waals surface area contributed by atoms with Crippen LogP contribution in [-0.2, 0) is 7.05 Å². The number of nitrogens with zero attached hydrogens (tertiary/aromatic N) is 2. The Morgan fingerprint density at radius 1 is 1.26 bits per heavy atom. The van der Waals surface area contributed by atoms with E-state index in [4.69, 9.17) is 5.73 Å². The number of hydrogen-bond acceptors (Lipinski definition) is 3. The molecule has 3 N–H and O–H groups in total. The maximum absolute atomic E-state index is 13.3. The van der Waals surface area contributed by atoms with Crippen LogP contribution in [0.5, 0.6) is 0 Å². The first-order valence-electron chi connectivity index (χ1n) is 5.13. The SMILES string of the molecule is Cn1cc(N)c(C(=O)Nc2cc(F)c(F)cc2F)n1. The number of hydrogen-bond donors (Lipinski definition) is 2. The van der Waals surface area contributed by atoms with E-state index in [0.717, 1.165) is 0 Å². The molecular weight excluding hydrogens is 261 g/mol. The minimum absolute atomic E-state index is 0.0861. The molecule has 0 bridgehead atoms. The van der Waals surface area contributed by atoms with Crippen LogP contribution in [0.25, 0.3) is 0 Å². The van der Waals surface area contributed by atoms with Crippen molar-refractivity contribution in [1.29, 1.82) is 0 Å². The van der Waals surface area contributed by atoms with Gasteiger partial charge in [-0.3, -0.25) is 9.48 Å². The average molecular weight is 270 g/mol. The molecule has 1 amide bonds. The molecular formula is C11H9F3N4O. The van der Waals surface area contributed by atoms with E-state index in [1.165, 1.54) is 10.9 Å². The van der Waals surface area contributed by atoms with Crippen LogP contribution < -0.4 is 11.1 Å². The number of nitrogens with one attached hydrogen (secondary N) is 1. The number of anilines is 2. The maximum Gasteiger partial charge on any atom is 0.278 e. The molecule has 2 aromatic rings. The molecule has 1 aromatic carbocycles. The minimum Gasteiger partial charge on any atom is -0.396 e. The van der Waals surface area contributed by atoms with Gasteiger partial charge in [0.05, 0.1) is 11.4 Å². The highest BCUT2D eigenvalue weighted by atomic mass is 19.2. The molecule has 0 saturated carbocycles. The van der Waals surface area contributed by atoms with Crippen molar-refractivity contribution in [2.24, 2.45) is 7.05 Å². The molecule has 0 spiro atoms. The zero-order valence-electron chi connectivity index (χ0n) is 9.75. The Bertz CT molecular complexity index is 654. The van der Waals surface area contributed by atoms with Crippen LogP contribution in [0.3, 0.4) is 0 Å². The van der Waals surface area contributed by atoms with Crippen LogP contribution in [0, 0.1) is 17.5 Å². The van der Waals surface area contributed by atoms with E-state index >= 15 is 0 Å². The summed E-state index contributed by atoms with van der Waals surface area (Å²) >= 11 is 0. The van der Waals surface area contributed by atoms with E-state index in [2.05, 4.69) is 10.4 Å². The summed E-state index contributed by atoms with van der Waals surface area (Å²) in [4.78, 5) is 11.7. The molecule has 0 aliphatic carbocycles. The largest absolute Gasteiger partial charge is 0.396 e. The number of carbonyl (C=O) groups is 1. The summed E-state index contributed by atoms with van der Waals surface area (Å²) in [5, 5.41) is 5.84. The molecule has 19 heavy (non-hydrogen) atoms. The van der Waals surface area contributed by atoms with Gasteiger partial charge in [0.25, 0.3) is 5.91 Å². The summed E-state index contributed by atoms with van der Waals surface area (Å²) in [5.41, 5.74) is 4.98. The van der Waals surface area contributed by atoms with Crippen molar-refractivity contribution in [3.8, 4) is 0 Å². The molecule has 100 valence electrons. The lowest BCUT2D eigenvalue weighted by molar-refractivity contribution is 0.102. The number of benzene rings is 1. The Labute approximate surface area is 105 Å². The standard InChI is InChI=1S/C11H9F3N4O/c1-18-4-8(15)10(17-18)11(19)16-9-3-6(13)5(12)2-7(9)14/h2-4H,15H2,1H3,(H,16,19). The Morgan fingerprint density at radius 2 is 1.89 bits per heavy atom. The van der Waals surface area contributed by atoms with Gasteiger partial charge in [-0.25, -0.2) is 13.2 Å². The van der Waals surface area contributed by atoms with Crippen LogP contribution in [0.1, 0.15) is 10.5 Å². The number of nitrogen functional groups attached to an aromatic ring is 1. The molecule has 2 rings (SSSR count). The van der Waals surface area contributed by atoms with Crippen LogP contribution in [0.15, 0.2) is 18.3 Å². The number of amides is 1. The van der Waals surface area contributed by atoms with E-state index in [1.54, 1.807) is 7.05 Å². The van der Waals surface area contributed by atoms with E-state index in [9.17, 15) is 18.0 Å². The second kappa shape index (κ2) is 4.63. The topological polar surface area (TPSA) is 72.9 Å². The van der Waals surface area contributed by atoms with Crippen LogP contribution >= 0.6 is 0 Å². The van der Waals surface area contributed by atoms with Crippen molar-refractivity contribution in [3.63, 3.8) is 0 Å². The minimum atomic E-state index is -1.34. The fourth-order valence-electron chi connectivity index (χ4n) is 1.48. The van der Waals surface area contributed by atoms with E-state index in [-0.39, 0.29) is 11.4 Å². The molecule has 0 fully saturated rings. The van der Waals surface area contributed by atoms with Gasteiger partial charge >= 0.3 is 0 Å². The number of aryl methyl sites for hydroxylation is 1. The van der Waals surface area contributed by atoms with Crippen molar-refractivity contribution in [3.05, 3.63) is 41.5 Å². The van der Waals surface area contributed by atoms with Crippen molar-refractivity contribution >= 4 is 17.3 Å². The number of nitrogens with two attached hydrogens (primary N) is 1. The highest BCUT2D eigenvalue weighted by Crippen LogP contribution is 2.20. The van der Waals surface area contributed by atoms with Gasteiger partial charge < -0.3 is 11.1 Å². The van der Waals surface area contributed by atoms with Gasteiger partial charge in [0.15, 0.2) is 17.3 Å². The molecule has 0 unspecified atom stereocenters. The Morgan fingerprint density at radius 3 is 2.47 bits per heavy atom. The highest BCUT2D eigenvalue weighted by molar-refractivity contribution is 6.06. The summed E-state index contributed by atoms with van der Waals surface area (Å²) in [6, 6.07) is 0.883. The number of aromatic nitrogens is 2. The predicted molar refractivity (Wildman–Crippen MR) is 61.9 cm³/mol. The van der Waals surface area contributed by atoms with Gasteiger partial charge in [-0.15, -0.1) is 0 Å². The zero-order valence-corrected chi connectivity index (χ0v) is 9.75. The second-order valence-electron chi connectivity index (χ2n) is 3.81. The van der Waals surface area contributed by atoms with Crippen LogP contribution in [0.4, 0.5) is 24.5 Å². The monoisotopic (exact) mass is 270 g/mol. The van der Waals surface area contributed by atoms with Crippen molar-refractivity contribution in [2.45, 2.75) is 0 Å². The quantitative estimate of drug-likeness (QED) is 0.815. The third-order valence-corrected chi connectivity index (χ3v) is 2.33. The van der Waals surface area contributed by atoms with Gasteiger partial charge in [-0.2, -0.15) is 5.10 Å². The summed E-state index contributed by atoms with van der Waals surface area (Å²) in [6.45, 7) is 0. The van der Waals surface area contributed by atoms with Crippen molar-refractivity contribution < 1.29 is 18.0 Å². The molecule has 1 aromatic heterocycles. The molecule has 0 saturated heterocycles. The molecule has 8 heteroatoms. The van der Waals surface area contributed by atoms with Crippen LogP contribution in [-0.4, -0.2) is 15.7 Å². The molecule has 1 heterocycles. The fraction of sp³-hybridized carbons (Fsp3) is 0.0909. The Kier molecular flexibility index (Phi) is 3.16. The summed E-state index contributed by atoms with van der Waals surface area (Å²) < 4.78 is 40.3. The maximum atomic E-state index is 13.3. The lowest BCUT2D eigenvalue weighted by atomic mass is 10.2. The predicted octanol–water partition coefficient (Wildman–Crippen LogP) is 1.67. The molecule has 5 nitrogen and oxygen atoms in total. The number of rotatable bonds is 2. The summed E-state index contributed by atoms with van der Waals surface area (Å²) in [7, 11) is 1.55. The van der Waals surface area contributed by atoms with E-state index in [0.29, 0.717) is 12.1 Å². The van der Waals surface area contributed by atoms with E-state index < -0.39 is 29.0 Å². The summed E-state index contributed by atoms with van der Waals surface area (Å²) in [6.07, 6.45) is 1.39. The smallest absolute Gasteiger partial charge is 0.278 e. The lowest BCUT2D eigenvalue weighted by Gasteiger charge is -2.05. The van der Waals surface area contributed by atoms with Gasteiger partial charge in [-0.05, 0) is 0 Å². The Balaban J connectivity index is 2.29. The molecule has 0 radical (unpaired) electrons. The zero-order chi connectivity index (χ0) is 14.2. The molecule has 0 atom stereocenters. The highest BCUT2D eigenvalue weighted by Gasteiger charge is 2.17. The van der Waals surface area contributed by atoms with Gasteiger partial charge in [0.1, 0.15) is 5.82 Å². The van der Waals surface area contributed by atoms with Crippen LogP contribution in [0.2, 0.25) is 0 Å². The Hall–Kier alpha value is -2.51. The first-order valence-corrected chi connectivity index (χ1v) is 5.13. The van der Waals surface area contributed by atoms with Gasteiger partial charge in [0.2, 0.25) is 0 Å². The fourth-order valence-corrected chi connectivity index (χ4v) is 1.48.